The first kappa shape index (κ1) is 43.8. The summed E-state index contributed by atoms with van der Waals surface area (Å²) in [5.41, 5.74) is 0. The summed E-state index contributed by atoms with van der Waals surface area (Å²) >= 11 is 0. The van der Waals surface area contributed by atoms with Gasteiger partial charge in [0.05, 0.1) is 14.4 Å². The monoisotopic (exact) mass is 581 g/mol. The molecular weight excluding hydrogens is 531 g/mol. The van der Waals surface area contributed by atoms with Crippen molar-refractivity contribution in [2.75, 3.05) is 13.2 Å². The van der Waals surface area contributed by atoms with Crippen LogP contribution in [0.15, 0.2) is 0 Å². The zero-order chi connectivity index (χ0) is 26.2. The van der Waals surface area contributed by atoms with Crippen LogP contribution in [0.5, 0.6) is 0 Å². The smallest absolute Gasteiger partial charge is 0.790 e. The van der Waals surface area contributed by atoms with Gasteiger partial charge in [0.15, 0.2) is 6.10 Å². The van der Waals surface area contributed by atoms with E-state index in [0.29, 0.717) is 6.42 Å². The third-order valence-electron chi connectivity index (χ3n) is 4.08. The SMILES string of the molecule is CC#CC#CC#CC#CC#CC(=O)OC[C@H](COP(=O)([O-])[O-])OC(=O)CCCCCCCCCC.N.[HH].[HH].[HH].[HH].[HH].[HH].[HH].[HH].[HH].[Na+].[Na+]. The van der Waals surface area contributed by atoms with Crippen molar-refractivity contribution in [2.24, 2.45) is 0 Å². The molecule has 38 heavy (non-hydrogen) atoms. The predicted molar refractivity (Wildman–Crippen MR) is 150 cm³/mol. The average molecular weight is 582 g/mol. The Bertz CT molecular complexity index is 1070. The van der Waals surface area contributed by atoms with Crippen LogP contribution >= 0.6 is 7.82 Å². The topological polar surface area (TPSA) is 160 Å². The number of carbonyl (C=O) groups is 2. The third-order valence-corrected chi connectivity index (χ3v) is 4.54. The van der Waals surface area contributed by atoms with Crippen molar-refractivity contribution in [3.63, 3.8) is 0 Å². The van der Waals surface area contributed by atoms with E-state index in [0.717, 1.165) is 19.3 Å². The molecule has 1 atom stereocenters. The first-order chi connectivity index (χ1) is 16.8. The summed E-state index contributed by atoms with van der Waals surface area (Å²) < 4.78 is 24.8. The zero-order valence-corrected chi connectivity index (χ0v) is 27.7. The molecule has 3 N–H and O–H groups in total. The van der Waals surface area contributed by atoms with E-state index in [2.05, 4.69) is 70.7 Å². The van der Waals surface area contributed by atoms with Gasteiger partial charge in [-0.05, 0) is 60.7 Å². The predicted octanol–water partition coefficient (Wildman–Crippen LogP) is -1.76. The van der Waals surface area contributed by atoms with Gasteiger partial charge >= 0.3 is 71.1 Å². The summed E-state index contributed by atoms with van der Waals surface area (Å²) in [5, 5.41) is 0. The van der Waals surface area contributed by atoms with E-state index in [9.17, 15) is 23.9 Å². The maximum Gasteiger partial charge on any atom is 1.00 e. The van der Waals surface area contributed by atoms with Gasteiger partial charge in [-0.2, -0.15) is 0 Å². The van der Waals surface area contributed by atoms with Gasteiger partial charge in [0.2, 0.25) is 0 Å². The molecule has 0 aliphatic heterocycles. The molecule has 0 aromatic heterocycles. The van der Waals surface area contributed by atoms with Crippen molar-refractivity contribution in [2.45, 2.75) is 77.7 Å². The molecule has 9 nitrogen and oxygen atoms in total. The maximum atomic E-state index is 12.0. The summed E-state index contributed by atoms with van der Waals surface area (Å²) in [4.78, 5) is 45.2. The Morgan fingerprint density at radius 1 is 0.816 bits per heavy atom. The number of hydrogen-bond acceptors (Lipinski definition) is 9. The molecule has 0 aromatic rings. The first-order valence-electron chi connectivity index (χ1n) is 11.2. The maximum absolute atomic E-state index is 12.0. The molecule has 214 valence electrons. The summed E-state index contributed by atoms with van der Waals surface area (Å²) in [6, 6.07) is 0. The second-order valence-electron chi connectivity index (χ2n) is 7.05. The van der Waals surface area contributed by atoms with E-state index < -0.39 is 39.1 Å². The number of phosphoric ester groups is 1. The Labute approximate surface area is 284 Å². The largest absolute Gasteiger partial charge is 1.00 e. The van der Waals surface area contributed by atoms with Gasteiger partial charge in [-0.15, -0.1) is 0 Å². The van der Waals surface area contributed by atoms with E-state index >= 15 is 0 Å². The van der Waals surface area contributed by atoms with Crippen molar-refractivity contribution >= 4 is 19.8 Å². The van der Waals surface area contributed by atoms with Gasteiger partial charge in [0.25, 0.3) is 0 Å². The first-order valence-corrected chi connectivity index (χ1v) is 12.7. The Hall–Kier alpha value is -1.19. The Morgan fingerprint density at radius 2 is 1.32 bits per heavy atom. The third kappa shape index (κ3) is 32.8. The van der Waals surface area contributed by atoms with Crippen molar-refractivity contribution in [1.29, 1.82) is 0 Å². The standard InChI is InChI=1S/C26H31O8P.H3N.2Na.9H2/c1-3-5-7-9-11-13-15-16-18-20-25(27)32-22-24(23-33-35(29,30)31)34-26(28)21-19-17-14-12-10-8-6-4-2;;;;;;;;;;;;/h24H,4,6,8,10,12,14,17,19,21-23H2,1-2H3,(H2,29,30,31);1H3;;;9*1H/q;;2*+1;;;;;;;;;/p-2/t24-;;;;;;;;;;;;/m1............/s1. The van der Waals surface area contributed by atoms with Crippen LogP contribution in [-0.4, -0.2) is 31.3 Å². The summed E-state index contributed by atoms with van der Waals surface area (Å²) in [6.45, 7) is 2.48. The molecule has 0 heterocycles. The molecule has 0 rings (SSSR count). The van der Waals surface area contributed by atoms with Crippen molar-refractivity contribution in [3.8, 4) is 59.2 Å². The van der Waals surface area contributed by atoms with Gasteiger partial charge in [0, 0.05) is 25.2 Å². The van der Waals surface area contributed by atoms with E-state index in [1.807, 2.05) is 0 Å². The van der Waals surface area contributed by atoms with Crippen LogP contribution < -0.4 is 75.1 Å². The van der Waals surface area contributed by atoms with E-state index in [1.54, 1.807) is 6.92 Å². The molecule has 0 bridgehead atoms. The molecule has 0 spiro atoms. The van der Waals surface area contributed by atoms with Crippen molar-refractivity contribution < 1.29 is 110 Å². The van der Waals surface area contributed by atoms with Gasteiger partial charge in [-0.1, -0.05) is 57.8 Å². The minimum atomic E-state index is -5.30. The summed E-state index contributed by atoms with van der Waals surface area (Å²) in [7, 11) is -5.30. The van der Waals surface area contributed by atoms with E-state index in [4.69, 9.17) is 9.47 Å². The van der Waals surface area contributed by atoms with Gasteiger partial charge < -0.3 is 34.5 Å². The number of unbranched alkanes of at least 4 members (excludes halogenated alkanes) is 7. The molecule has 0 aliphatic carbocycles. The molecule has 0 aliphatic rings. The molecule has 0 fully saturated rings. The van der Waals surface area contributed by atoms with Crippen LogP contribution in [-0.2, 0) is 28.2 Å². The normalized spacial score (nSPS) is 9.37. The molecule has 0 radical (unpaired) electrons. The van der Waals surface area contributed by atoms with Gasteiger partial charge in [0.1, 0.15) is 6.61 Å². The number of carbonyl (C=O) groups excluding carboxylic acids is 2. The van der Waals surface area contributed by atoms with Crippen molar-refractivity contribution in [3.05, 3.63) is 0 Å². The Kier molecular flexibility index (Phi) is 35.0. The average Bonchev–Trinajstić information content (AvgIpc) is 2.81. The fraction of sp³-hybridized carbons (Fsp3) is 0.538. The second-order valence-corrected chi connectivity index (χ2v) is 8.21. The zero-order valence-electron chi connectivity index (χ0n) is 22.8. The molecular formula is C26H50NNa2O8P. The number of phosphoric acid groups is 1. The van der Waals surface area contributed by atoms with Crippen LogP contribution in [0.1, 0.15) is 84.5 Å². The fourth-order valence-electron chi connectivity index (χ4n) is 2.48. The summed E-state index contributed by atoms with van der Waals surface area (Å²) in [6.07, 6.45) is 7.17. The van der Waals surface area contributed by atoms with Crippen LogP contribution in [0.4, 0.5) is 0 Å². The number of hydrogen-bond donors (Lipinski definition) is 1. The van der Waals surface area contributed by atoms with Gasteiger partial charge in [-0.25, -0.2) is 4.79 Å². The van der Waals surface area contributed by atoms with E-state index in [-0.39, 0.29) is 84.5 Å². The molecule has 0 unspecified atom stereocenters. The van der Waals surface area contributed by atoms with Crippen LogP contribution in [0, 0.1) is 59.2 Å². The fourth-order valence-corrected chi connectivity index (χ4v) is 2.82. The number of rotatable bonds is 15. The quantitative estimate of drug-likeness (QED) is 0.0590. The molecule has 0 amide bonds. The van der Waals surface area contributed by atoms with E-state index in [1.165, 1.54) is 25.7 Å². The van der Waals surface area contributed by atoms with Crippen LogP contribution in [0.2, 0.25) is 0 Å². The van der Waals surface area contributed by atoms with Crippen molar-refractivity contribution in [1.82, 2.24) is 6.15 Å². The van der Waals surface area contributed by atoms with Gasteiger partial charge in [-0.3, -0.25) is 4.79 Å². The molecule has 0 saturated heterocycles. The van der Waals surface area contributed by atoms with Crippen LogP contribution in [0.3, 0.4) is 0 Å². The summed E-state index contributed by atoms with van der Waals surface area (Å²) in [5.74, 6) is 22.1. The number of esters is 2. The molecule has 0 saturated carbocycles. The molecule has 12 heteroatoms. The number of ether oxygens (including phenoxy) is 2. The van der Waals surface area contributed by atoms with Crippen LogP contribution in [0.25, 0.3) is 0 Å². The minimum absolute atomic E-state index is 0. The Balaban J connectivity index is -0.0000000876. The minimum Gasteiger partial charge on any atom is -0.790 e. The molecule has 0 aromatic carbocycles. The second kappa shape index (κ2) is 30.4. The Morgan fingerprint density at radius 3 is 1.84 bits per heavy atom.